The number of ether oxygens (including phenoxy) is 2. The molecular formula is C16H20N2O4. The molecule has 0 unspecified atom stereocenters. The molecule has 0 spiro atoms. The molecule has 0 radical (unpaired) electrons. The molecule has 0 aliphatic rings. The molecule has 22 heavy (non-hydrogen) atoms. The van der Waals surface area contributed by atoms with Crippen LogP contribution in [0, 0.1) is 17.2 Å². The molecule has 1 rings (SSSR count). The van der Waals surface area contributed by atoms with Crippen LogP contribution in [0.25, 0.3) is 0 Å². The molecule has 6 nitrogen and oxygen atoms in total. The molecule has 1 amide bonds. The number of benzene rings is 1. The summed E-state index contributed by atoms with van der Waals surface area (Å²) >= 11 is 0. The van der Waals surface area contributed by atoms with Gasteiger partial charge in [0.15, 0.2) is 13.2 Å². The van der Waals surface area contributed by atoms with E-state index in [0.29, 0.717) is 5.75 Å². The second-order valence-electron chi connectivity index (χ2n) is 5.28. The summed E-state index contributed by atoms with van der Waals surface area (Å²) in [4.78, 5) is 23.2. The van der Waals surface area contributed by atoms with E-state index in [-0.39, 0.29) is 12.5 Å². The van der Waals surface area contributed by atoms with Gasteiger partial charge in [-0.3, -0.25) is 4.79 Å². The molecule has 118 valence electrons. The lowest BCUT2D eigenvalue weighted by atomic mass is 9.90. The van der Waals surface area contributed by atoms with Gasteiger partial charge in [-0.05, 0) is 25.0 Å². The van der Waals surface area contributed by atoms with E-state index in [1.807, 2.05) is 26.0 Å². The van der Waals surface area contributed by atoms with E-state index in [1.165, 1.54) is 0 Å². The molecule has 0 fully saturated rings. The Morgan fingerprint density at radius 3 is 2.45 bits per heavy atom. The summed E-state index contributed by atoms with van der Waals surface area (Å²) in [5, 5.41) is 11.7. The Balaban J connectivity index is 2.35. The van der Waals surface area contributed by atoms with Crippen LogP contribution in [0.5, 0.6) is 5.75 Å². The average Bonchev–Trinajstić information content (AvgIpc) is 2.51. The summed E-state index contributed by atoms with van der Waals surface area (Å²) in [6.45, 7) is 4.54. The highest BCUT2D eigenvalue weighted by Gasteiger charge is 2.30. The maximum absolute atomic E-state index is 11.7. The lowest BCUT2D eigenvalue weighted by Gasteiger charge is -2.27. The van der Waals surface area contributed by atoms with Gasteiger partial charge in [-0.25, -0.2) is 4.79 Å². The average molecular weight is 304 g/mol. The fourth-order valence-electron chi connectivity index (χ4n) is 1.47. The summed E-state index contributed by atoms with van der Waals surface area (Å²) in [5.41, 5.74) is -0.996. The van der Waals surface area contributed by atoms with Crippen molar-refractivity contribution in [3.63, 3.8) is 0 Å². The van der Waals surface area contributed by atoms with Crippen molar-refractivity contribution in [3.05, 3.63) is 30.3 Å². The molecular weight excluding hydrogens is 284 g/mol. The van der Waals surface area contributed by atoms with Gasteiger partial charge in [0.1, 0.15) is 11.3 Å². The molecule has 1 atom stereocenters. The molecule has 0 saturated heterocycles. The van der Waals surface area contributed by atoms with E-state index in [4.69, 9.17) is 14.7 Å². The van der Waals surface area contributed by atoms with E-state index in [1.54, 1.807) is 31.2 Å². The van der Waals surface area contributed by atoms with Gasteiger partial charge < -0.3 is 14.8 Å². The highest BCUT2D eigenvalue weighted by Crippen LogP contribution is 2.14. The minimum absolute atomic E-state index is 0.0708. The van der Waals surface area contributed by atoms with E-state index in [0.717, 1.165) is 0 Å². The summed E-state index contributed by atoms with van der Waals surface area (Å²) in [7, 11) is 0. The number of amides is 1. The lowest BCUT2D eigenvalue weighted by Crippen LogP contribution is -2.50. The van der Waals surface area contributed by atoms with Crippen molar-refractivity contribution in [2.45, 2.75) is 26.3 Å². The zero-order valence-electron chi connectivity index (χ0n) is 13.0. The van der Waals surface area contributed by atoms with Crippen LogP contribution in [0.1, 0.15) is 20.8 Å². The highest BCUT2D eigenvalue weighted by molar-refractivity contribution is 5.81. The first-order chi connectivity index (χ1) is 10.4. The summed E-state index contributed by atoms with van der Waals surface area (Å²) in [5.74, 6) is -0.702. The van der Waals surface area contributed by atoms with Gasteiger partial charge in [-0.15, -0.1) is 0 Å². The molecule has 0 saturated carbocycles. The van der Waals surface area contributed by atoms with E-state index < -0.39 is 24.0 Å². The third kappa shape index (κ3) is 5.44. The third-order valence-corrected chi connectivity index (χ3v) is 3.25. The standard InChI is InChI=1S/C16H20N2O4/c1-12(2)16(3,11-17)18-14(19)9-22-15(20)10-21-13-7-5-4-6-8-13/h4-8,12H,9-10H2,1-3H3,(H,18,19)/t16-/m1/s1. The third-order valence-electron chi connectivity index (χ3n) is 3.25. The minimum atomic E-state index is -0.996. The zero-order chi connectivity index (χ0) is 16.6. The fraction of sp³-hybridized carbons (Fsp3) is 0.438. The van der Waals surface area contributed by atoms with Gasteiger partial charge in [-0.2, -0.15) is 5.26 Å². The first kappa shape index (κ1) is 17.5. The molecule has 6 heteroatoms. The Morgan fingerprint density at radius 1 is 1.27 bits per heavy atom. The van der Waals surface area contributed by atoms with Gasteiger partial charge in [0.2, 0.25) is 0 Å². The van der Waals surface area contributed by atoms with Crippen molar-refractivity contribution in [2.24, 2.45) is 5.92 Å². The van der Waals surface area contributed by atoms with Crippen LogP contribution in [-0.2, 0) is 14.3 Å². The van der Waals surface area contributed by atoms with Crippen molar-refractivity contribution >= 4 is 11.9 Å². The van der Waals surface area contributed by atoms with Crippen LogP contribution < -0.4 is 10.1 Å². The van der Waals surface area contributed by atoms with Gasteiger partial charge in [0.25, 0.3) is 5.91 Å². The van der Waals surface area contributed by atoms with Crippen LogP contribution in [0.4, 0.5) is 0 Å². The fourth-order valence-corrected chi connectivity index (χ4v) is 1.47. The minimum Gasteiger partial charge on any atom is -0.482 e. The predicted octanol–water partition coefficient (Wildman–Crippen LogP) is 1.66. The first-order valence-corrected chi connectivity index (χ1v) is 6.93. The summed E-state index contributed by atoms with van der Waals surface area (Å²) in [6.07, 6.45) is 0. The molecule has 0 heterocycles. The zero-order valence-corrected chi connectivity index (χ0v) is 13.0. The highest BCUT2D eigenvalue weighted by atomic mass is 16.6. The number of carbonyl (C=O) groups excluding carboxylic acids is 2. The number of hydrogen-bond acceptors (Lipinski definition) is 5. The second kappa shape index (κ2) is 8.03. The van der Waals surface area contributed by atoms with Gasteiger partial charge in [0, 0.05) is 0 Å². The predicted molar refractivity (Wildman–Crippen MR) is 79.9 cm³/mol. The smallest absolute Gasteiger partial charge is 0.344 e. The normalized spacial score (nSPS) is 12.9. The maximum atomic E-state index is 11.7. The van der Waals surface area contributed by atoms with Crippen molar-refractivity contribution in [3.8, 4) is 11.8 Å². The monoisotopic (exact) mass is 304 g/mol. The quantitative estimate of drug-likeness (QED) is 0.774. The Hall–Kier alpha value is -2.55. The number of carbonyl (C=O) groups is 2. The molecule has 1 aromatic rings. The Labute approximate surface area is 130 Å². The Morgan fingerprint density at radius 2 is 1.91 bits per heavy atom. The topological polar surface area (TPSA) is 88.4 Å². The van der Waals surface area contributed by atoms with Crippen molar-refractivity contribution in [2.75, 3.05) is 13.2 Å². The Bertz CT molecular complexity index is 551. The van der Waals surface area contributed by atoms with E-state index in [2.05, 4.69) is 5.32 Å². The number of esters is 1. The van der Waals surface area contributed by atoms with Crippen LogP contribution in [0.2, 0.25) is 0 Å². The SMILES string of the molecule is CC(C)[C@@](C)(C#N)NC(=O)COC(=O)COc1ccccc1. The lowest BCUT2D eigenvalue weighted by molar-refractivity contribution is -0.150. The molecule has 1 aromatic carbocycles. The van der Waals surface area contributed by atoms with Gasteiger partial charge >= 0.3 is 5.97 Å². The number of nitrogens with one attached hydrogen (secondary N) is 1. The van der Waals surface area contributed by atoms with Gasteiger partial charge in [-0.1, -0.05) is 32.0 Å². The summed E-state index contributed by atoms with van der Waals surface area (Å²) < 4.78 is 10.0. The molecule has 0 aliphatic heterocycles. The molecule has 0 aromatic heterocycles. The van der Waals surface area contributed by atoms with Crippen molar-refractivity contribution in [1.82, 2.24) is 5.32 Å². The number of nitriles is 1. The van der Waals surface area contributed by atoms with Gasteiger partial charge in [0.05, 0.1) is 6.07 Å². The van der Waals surface area contributed by atoms with Crippen molar-refractivity contribution < 1.29 is 19.1 Å². The summed E-state index contributed by atoms with van der Waals surface area (Å²) in [6, 6.07) is 10.9. The number of para-hydroxylation sites is 1. The molecule has 1 N–H and O–H groups in total. The van der Waals surface area contributed by atoms with Crippen LogP contribution >= 0.6 is 0 Å². The van der Waals surface area contributed by atoms with E-state index in [9.17, 15) is 9.59 Å². The Kier molecular flexibility index (Phi) is 6.39. The first-order valence-electron chi connectivity index (χ1n) is 6.93. The number of hydrogen-bond donors (Lipinski definition) is 1. The largest absolute Gasteiger partial charge is 0.482 e. The van der Waals surface area contributed by atoms with E-state index >= 15 is 0 Å². The van der Waals surface area contributed by atoms with Crippen LogP contribution in [-0.4, -0.2) is 30.6 Å². The van der Waals surface area contributed by atoms with Crippen LogP contribution in [0.15, 0.2) is 30.3 Å². The molecule has 0 bridgehead atoms. The number of nitrogens with zero attached hydrogens (tertiary/aromatic N) is 1. The second-order valence-corrected chi connectivity index (χ2v) is 5.28. The number of rotatable bonds is 7. The van der Waals surface area contributed by atoms with Crippen LogP contribution in [0.3, 0.4) is 0 Å². The molecule has 0 aliphatic carbocycles. The maximum Gasteiger partial charge on any atom is 0.344 e. The van der Waals surface area contributed by atoms with Crippen molar-refractivity contribution in [1.29, 1.82) is 5.26 Å².